The van der Waals surface area contributed by atoms with Crippen molar-refractivity contribution in [2.75, 3.05) is 31.3 Å². The van der Waals surface area contributed by atoms with Crippen LogP contribution in [0.15, 0.2) is 48.5 Å². The Morgan fingerprint density at radius 3 is 2.44 bits per heavy atom. The summed E-state index contributed by atoms with van der Waals surface area (Å²) in [7, 11) is 3.50. The Kier molecular flexibility index (Phi) is 6.57. The van der Waals surface area contributed by atoms with Gasteiger partial charge in [0.1, 0.15) is 0 Å². The van der Waals surface area contributed by atoms with Crippen LogP contribution in [0.2, 0.25) is 0 Å². The molecule has 0 radical (unpaired) electrons. The third-order valence-corrected chi connectivity index (χ3v) is 3.81. The van der Waals surface area contributed by atoms with Crippen molar-refractivity contribution in [3.05, 3.63) is 59.7 Å². The fourth-order valence-electron chi connectivity index (χ4n) is 2.42. The van der Waals surface area contributed by atoms with Crippen molar-refractivity contribution in [2.24, 2.45) is 0 Å². The molecule has 2 rings (SSSR count). The first-order chi connectivity index (χ1) is 11.9. The van der Waals surface area contributed by atoms with Gasteiger partial charge in [-0.1, -0.05) is 24.3 Å². The van der Waals surface area contributed by atoms with Gasteiger partial charge in [-0.2, -0.15) is 0 Å². The third kappa shape index (κ3) is 6.30. The van der Waals surface area contributed by atoms with Crippen molar-refractivity contribution >= 4 is 23.2 Å². The highest BCUT2D eigenvalue weighted by molar-refractivity contribution is 5.93. The molecule has 25 heavy (non-hydrogen) atoms. The Bertz CT molecular complexity index is 741. The maximum atomic E-state index is 12.1. The van der Waals surface area contributed by atoms with Crippen LogP contribution in [0.5, 0.6) is 0 Å². The number of anilines is 2. The quantitative estimate of drug-likeness (QED) is 0.815. The zero-order valence-corrected chi connectivity index (χ0v) is 15.0. The molecule has 5 nitrogen and oxygen atoms in total. The van der Waals surface area contributed by atoms with E-state index in [0.29, 0.717) is 12.8 Å². The molecule has 132 valence electrons. The fourth-order valence-corrected chi connectivity index (χ4v) is 2.42. The lowest BCUT2D eigenvalue weighted by atomic mass is 10.1. The van der Waals surface area contributed by atoms with Gasteiger partial charge in [0, 0.05) is 31.9 Å². The Morgan fingerprint density at radius 1 is 1.00 bits per heavy atom. The molecule has 0 atom stereocenters. The van der Waals surface area contributed by atoms with E-state index in [2.05, 4.69) is 10.6 Å². The van der Waals surface area contributed by atoms with Gasteiger partial charge in [0.2, 0.25) is 11.8 Å². The molecule has 0 saturated carbocycles. The molecule has 2 amide bonds. The first kappa shape index (κ1) is 18.5. The number of hydrogen-bond donors (Lipinski definition) is 2. The van der Waals surface area contributed by atoms with Gasteiger partial charge in [0.05, 0.1) is 6.54 Å². The van der Waals surface area contributed by atoms with Crippen LogP contribution in [-0.4, -0.2) is 37.4 Å². The van der Waals surface area contributed by atoms with Gasteiger partial charge in [-0.15, -0.1) is 0 Å². The molecule has 0 unspecified atom stereocenters. The monoisotopic (exact) mass is 339 g/mol. The number of hydrogen-bond acceptors (Lipinski definition) is 3. The molecule has 0 aromatic heterocycles. The normalized spacial score (nSPS) is 10.2. The predicted molar refractivity (Wildman–Crippen MR) is 102 cm³/mol. The number of carbonyl (C=O) groups is 2. The predicted octanol–water partition coefficient (Wildman–Crippen LogP) is 3.07. The van der Waals surface area contributed by atoms with E-state index in [9.17, 15) is 9.59 Å². The first-order valence-corrected chi connectivity index (χ1v) is 8.33. The van der Waals surface area contributed by atoms with E-state index < -0.39 is 0 Å². The molecule has 0 spiro atoms. The van der Waals surface area contributed by atoms with Crippen molar-refractivity contribution in [2.45, 2.75) is 19.8 Å². The minimum absolute atomic E-state index is 0.0943. The van der Waals surface area contributed by atoms with E-state index >= 15 is 0 Å². The molecule has 0 bridgehead atoms. The number of rotatable bonds is 7. The van der Waals surface area contributed by atoms with Crippen LogP contribution in [0, 0.1) is 6.92 Å². The average Bonchev–Trinajstić information content (AvgIpc) is 2.58. The van der Waals surface area contributed by atoms with Gasteiger partial charge < -0.3 is 15.5 Å². The first-order valence-electron chi connectivity index (χ1n) is 8.33. The topological polar surface area (TPSA) is 61.4 Å². The van der Waals surface area contributed by atoms with Crippen LogP contribution >= 0.6 is 0 Å². The summed E-state index contributed by atoms with van der Waals surface area (Å²) in [5, 5.41) is 5.99. The van der Waals surface area contributed by atoms with Crippen molar-refractivity contribution in [1.29, 1.82) is 0 Å². The van der Waals surface area contributed by atoms with Crippen LogP contribution in [0.3, 0.4) is 0 Å². The smallest absolute Gasteiger partial charge is 0.243 e. The Morgan fingerprint density at radius 2 is 1.72 bits per heavy atom. The minimum atomic E-state index is -0.108. The molecule has 2 aromatic rings. The standard InChI is InChI=1S/C20H25N3O2/c1-15-6-4-8-17(12-15)21-14-19(24)22-18-9-5-7-16(13-18)10-11-20(25)23(2)3/h4-9,12-13,21H,10-11,14H2,1-3H3,(H,22,24). The van der Waals surface area contributed by atoms with E-state index in [1.165, 1.54) is 0 Å². The zero-order chi connectivity index (χ0) is 18.2. The maximum Gasteiger partial charge on any atom is 0.243 e. The zero-order valence-electron chi connectivity index (χ0n) is 15.0. The van der Waals surface area contributed by atoms with E-state index in [0.717, 1.165) is 22.5 Å². The van der Waals surface area contributed by atoms with E-state index in [1.807, 2.05) is 55.5 Å². The highest BCUT2D eigenvalue weighted by Crippen LogP contribution is 2.13. The second-order valence-electron chi connectivity index (χ2n) is 6.26. The number of carbonyl (C=O) groups excluding carboxylic acids is 2. The molecule has 0 saturated heterocycles. The Hall–Kier alpha value is -2.82. The van der Waals surface area contributed by atoms with Crippen LogP contribution in [0.25, 0.3) is 0 Å². The summed E-state index contributed by atoms with van der Waals surface area (Å²) in [6.45, 7) is 2.21. The second kappa shape index (κ2) is 8.87. The van der Waals surface area contributed by atoms with E-state index in [-0.39, 0.29) is 18.4 Å². The average molecular weight is 339 g/mol. The fraction of sp³-hybridized carbons (Fsp3) is 0.300. The minimum Gasteiger partial charge on any atom is -0.376 e. The summed E-state index contributed by atoms with van der Waals surface area (Å²) in [5.74, 6) is -0.0141. The van der Waals surface area contributed by atoms with E-state index in [4.69, 9.17) is 0 Å². The molecule has 0 aliphatic heterocycles. The highest BCUT2D eigenvalue weighted by atomic mass is 16.2. The van der Waals surface area contributed by atoms with Gasteiger partial charge in [0.15, 0.2) is 0 Å². The Labute approximate surface area is 149 Å². The largest absolute Gasteiger partial charge is 0.376 e. The molecule has 0 fully saturated rings. The highest BCUT2D eigenvalue weighted by Gasteiger charge is 2.06. The lowest BCUT2D eigenvalue weighted by Gasteiger charge is -2.11. The van der Waals surface area contributed by atoms with Gasteiger partial charge in [-0.3, -0.25) is 9.59 Å². The van der Waals surface area contributed by atoms with Crippen molar-refractivity contribution in [1.82, 2.24) is 4.90 Å². The van der Waals surface area contributed by atoms with Gasteiger partial charge in [-0.25, -0.2) is 0 Å². The maximum absolute atomic E-state index is 12.1. The Balaban J connectivity index is 1.86. The molecule has 2 aromatic carbocycles. The molecular formula is C20H25N3O2. The summed E-state index contributed by atoms with van der Waals surface area (Å²) in [5.41, 5.74) is 3.84. The van der Waals surface area contributed by atoms with Crippen LogP contribution in [-0.2, 0) is 16.0 Å². The molecule has 0 aliphatic carbocycles. The van der Waals surface area contributed by atoms with Crippen molar-refractivity contribution < 1.29 is 9.59 Å². The van der Waals surface area contributed by atoms with Crippen LogP contribution in [0.4, 0.5) is 11.4 Å². The lowest BCUT2D eigenvalue weighted by Crippen LogP contribution is -2.22. The molecular weight excluding hydrogens is 314 g/mol. The van der Waals surface area contributed by atoms with Crippen LogP contribution < -0.4 is 10.6 Å². The molecule has 2 N–H and O–H groups in total. The number of nitrogens with one attached hydrogen (secondary N) is 2. The van der Waals surface area contributed by atoms with Gasteiger partial charge in [-0.05, 0) is 48.7 Å². The summed E-state index contributed by atoms with van der Waals surface area (Å²) in [6, 6.07) is 15.5. The lowest BCUT2D eigenvalue weighted by molar-refractivity contribution is -0.128. The molecule has 0 heterocycles. The molecule has 5 heteroatoms. The summed E-state index contributed by atoms with van der Waals surface area (Å²) < 4.78 is 0. The van der Waals surface area contributed by atoms with Crippen molar-refractivity contribution in [3.63, 3.8) is 0 Å². The van der Waals surface area contributed by atoms with Gasteiger partial charge >= 0.3 is 0 Å². The summed E-state index contributed by atoms with van der Waals surface area (Å²) in [4.78, 5) is 25.4. The van der Waals surface area contributed by atoms with Gasteiger partial charge in [0.25, 0.3) is 0 Å². The van der Waals surface area contributed by atoms with E-state index in [1.54, 1.807) is 19.0 Å². The summed E-state index contributed by atoms with van der Waals surface area (Å²) in [6.07, 6.45) is 1.11. The number of nitrogens with zero attached hydrogens (tertiary/aromatic N) is 1. The number of aryl methyl sites for hydroxylation is 2. The number of benzene rings is 2. The summed E-state index contributed by atoms with van der Waals surface area (Å²) >= 11 is 0. The third-order valence-electron chi connectivity index (χ3n) is 3.81. The van der Waals surface area contributed by atoms with Crippen molar-refractivity contribution in [3.8, 4) is 0 Å². The second-order valence-corrected chi connectivity index (χ2v) is 6.26. The number of amides is 2. The molecule has 0 aliphatic rings. The van der Waals surface area contributed by atoms with Crippen LogP contribution in [0.1, 0.15) is 17.5 Å². The SMILES string of the molecule is Cc1cccc(NCC(=O)Nc2cccc(CCC(=O)N(C)C)c2)c1.